The van der Waals surface area contributed by atoms with Gasteiger partial charge in [-0.2, -0.15) is 5.26 Å². The molecule has 5 heteroatoms. The minimum Gasteiger partial charge on any atom is -0.494 e. The lowest BCUT2D eigenvalue weighted by atomic mass is 9.96. The normalized spacial score (nSPS) is 10.1. The van der Waals surface area contributed by atoms with Crippen LogP contribution < -0.4 is 4.74 Å². The van der Waals surface area contributed by atoms with Crippen LogP contribution in [0.5, 0.6) is 5.75 Å². The molecule has 0 heterocycles. The second kappa shape index (κ2) is 9.34. The number of nitrogens with zero attached hydrogens (tertiary/aromatic N) is 1. The zero-order valence-electron chi connectivity index (χ0n) is 15.9. The zero-order chi connectivity index (χ0) is 20.6. The number of nitriles is 1. The number of hydrogen-bond acceptors (Lipinski definition) is 5. The van der Waals surface area contributed by atoms with E-state index in [4.69, 9.17) is 9.47 Å². The van der Waals surface area contributed by atoms with Gasteiger partial charge in [-0.15, -0.1) is 0 Å². The Morgan fingerprint density at radius 3 is 2.24 bits per heavy atom. The summed E-state index contributed by atoms with van der Waals surface area (Å²) in [6, 6.07) is 22.7. The molecule has 3 aromatic carbocycles. The Hall–Kier alpha value is -3.91. The van der Waals surface area contributed by atoms with Gasteiger partial charge in [0.05, 0.1) is 23.8 Å². The quantitative estimate of drug-likeness (QED) is 0.437. The summed E-state index contributed by atoms with van der Waals surface area (Å²) in [5.74, 6) is -0.255. The molecule has 0 bridgehead atoms. The van der Waals surface area contributed by atoms with Gasteiger partial charge in [0.1, 0.15) is 5.75 Å². The van der Waals surface area contributed by atoms with Crippen LogP contribution in [0.3, 0.4) is 0 Å². The smallest absolute Gasteiger partial charge is 0.339 e. The Kier molecular flexibility index (Phi) is 6.39. The van der Waals surface area contributed by atoms with Crippen LogP contribution in [0, 0.1) is 11.3 Å². The van der Waals surface area contributed by atoms with E-state index in [1.54, 1.807) is 72.8 Å². The molecule has 0 radical (unpaired) electrons. The van der Waals surface area contributed by atoms with Crippen molar-refractivity contribution in [2.24, 2.45) is 0 Å². The molecular formula is C24H19NO4. The Bertz CT molecular complexity index is 1060. The highest BCUT2D eigenvalue weighted by Gasteiger charge is 2.17. The Labute approximate surface area is 169 Å². The van der Waals surface area contributed by atoms with Gasteiger partial charge in [0.15, 0.2) is 12.4 Å². The molecule has 0 saturated carbocycles. The molecule has 0 aliphatic heterocycles. The van der Waals surface area contributed by atoms with E-state index >= 15 is 0 Å². The minimum atomic E-state index is -0.618. The summed E-state index contributed by atoms with van der Waals surface area (Å²) in [7, 11) is 0. The number of carbonyl (C=O) groups is 2. The van der Waals surface area contributed by atoms with Gasteiger partial charge in [-0.3, -0.25) is 4.79 Å². The second-order valence-electron chi connectivity index (χ2n) is 6.16. The molecule has 0 unspecified atom stereocenters. The molecule has 3 aromatic rings. The molecule has 3 rings (SSSR count). The van der Waals surface area contributed by atoms with Gasteiger partial charge in [0.25, 0.3) is 0 Å². The molecular weight excluding hydrogens is 366 g/mol. The van der Waals surface area contributed by atoms with Gasteiger partial charge in [-0.25, -0.2) is 4.79 Å². The third-order valence-corrected chi connectivity index (χ3v) is 4.31. The summed E-state index contributed by atoms with van der Waals surface area (Å²) >= 11 is 0. The van der Waals surface area contributed by atoms with Crippen LogP contribution in [-0.2, 0) is 4.74 Å². The number of ketones is 1. The fourth-order valence-corrected chi connectivity index (χ4v) is 2.91. The van der Waals surface area contributed by atoms with E-state index in [1.807, 2.05) is 6.92 Å². The first-order valence-corrected chi connectivity index (χ1v) is 9.15. The van der Waals surface area contributed by atoms with E-state index < -0.39 is 5.97 Å². The van der Waals surface area contributed by atoms with Crippen LogP contribution >= 0.6 is 0 Å². The molecule has 0 amide bonds. The summed E-state index contributed by atoms with van der Waals surface area (Å²) in [4.78, 5) is 25.0. The maximum Gasteiger partial charge on any atom is 0.339 e. The highest BCUT2D eigenvalue weighted by molar-refractivity contribution is 6.01. The summed E-state index contributed by atoms with van der Waals surface area (Å²) in [5.41, 5.74) is 2.42. The topological polar surface area (TPSA) is 76.4 Å². The first-order chi connectivity index (χ1) is 14.1. The van der Waals surface area contributed by atoms with Crippen molar-refractivity contribution >= 4 is 11.8 Å². The van der Waals surface area contributed by atoms with Gasteiger partial charge >= 0.3 is 5.97 Å². The SMILES string of the molecule is CCOc1ccc(C(=O)COC(=O)c2ccccc2-c2ccccc2C#N)cc1. The van der Waals surface area contributed by atoms with Crippen molar-refractivity contribution in [1.82, 2.24) is 0 Å². The summed E-state index contributed by atoms with van der Waals surface area (Å²) in [5, 5.41) is 9.34. The lowest BCUT2D eigenvalue weighted by Crippen LogP contribution is -2.15. The average Bonchev–Trinajstić information content (AvgIpc) is 2.78. The number of rotatable bonds is 7. The summed E-state index contributed by atoms with van der Waals surface area (Å²) < 4.78 is 10.6. The minimum absolute atomic E-state index is 0.301. The van der Waals surface area contributed by atoms with Crippen LogP contribution in [0.15, 0.2) is 72.8 Å². The standard InChI is InChI=1S/C24H19NO4/c1-2-28-19-13-11-17(12-14-19)23(26)16-29-24(27)22-10-6-5-9-21(22)20-8-4-3-7-18(20)15-25/h3-14H,2,16H2,1H3. The lowest BCUT2D eigenvalue weighted by molar-refractivity contribution is 0.0475. The summed E-state index contributed by atoms with van der Waals surface area (Å²) in [6.45, 7) is 2.05. The van der Waals surface area contributed by atoms with Crippen LogP contribution in [-0.4, -0.2) is 25.0 Å². The monoisotopic (exact) mass is 385 g/mol. The fourth-order valence-electron chi connectivity index (χ4n) is 2.91. The van der Waals surface area contributed by atoms with Crippen LogP contribution in [0.25, 0.3) is 11.1 Å². The molecule has 0 fully saturated rings. The first-order valence-electron chi connectivity index (χ1n) is 9.15. The number of esters is 1. The molecule has 0 spiro atoms. The molecule has 0 aromatic heterocycles. The number of ether oxygens (including phenoxy) is 2. The highest BCUT2D eigenvalue weighted by Crippen LogP contribution is 2.27. The van der Waals surface area contributed by atoms with Crippen LogP contribution in [0.1, 0.15) is 33.2 Å². The van der Waals surface area contributed by atoms with Gasteiger partial charge in [0, 0.05) is 11.1 Å². The van der Waals surface area contributed by atoms with E-state index in [9.17, 15) is 14.9 Å². The average molecular weight is 385 g/mol. The molecule has 0 saturated heterocycles. The molecule has 29 heavy (non-hydrogen) atoms. The number of Topliss-reactive ketones (excluding diaryl/α,β-unsaturated/α-hetero) is 1. The third kappa shape index (κ3) is 4.69. The third-order valence-electron chi connectivity index (χ3n) is 4.31. The maximum atomic E-state index is 12.6. The lowest BCUT2D eigenvalue weighted by Gasteiger charge is -2.11. The number of hydrogen-bond donors (Lipinski definition) is 0. The van der Waals surface area contributed by atoms with E-state index in [2.05, 4.69) is 6.07 Å². The molecule has 0 atom stereocenters. The molecule has 0 N–H and O–H groups in total. The van der Waals surface area contributed by atoms with Crippen molar-refractivity contribution in [1.29, 1.82) is 5.26 Å². The number of carbonyl (C=O) groups excluding carboxylic acids is 2. The molecule has 144 valence electrons. The van der Waals surface area contributed by atoms with Gasteiger partial charge < -0.3 is 9.47 Å². The predicted molar refractivity (Wildman–Crippen MR) is 109 cm³/mol. The molecule has 0 aliphatic rings. The van der Waals surface area contributed by atoms with E-state index in [0.717, 1.165) is 0 Å². The van der Waals surface area contributed by atoms with Gasteiger partial charge in [0.2, 0.25) is 0 Å². The van der Waals surface area contributed by atoms with E-state index in [1.165, 1.54) is 0 Å². The predicted octanol–water partition coefficient (Wildman–Crippen LogP) is 4.66. The Morgan fingerprint density at radius 1 is 0.897 bits per heavy atom. The van der Waals surface area contributed by atoms with Crippen LogP contribution in [0.4, 0.5) is 0 Å². The molecule has 0 aliphatic carbocycles. The van der Waals surface area contributed by atoms with Crippen molar-refractivity contribution < 1.29 is 19.1 Å². The van der Waals surface area contributed by atoms with Crippen LogP contribution in [0.2, 0.25) is 0 Å². The van der Waals surface area contributed by atoms with Crippen molar-refractivity contribution in [2.45, 2.75) is 6.92 Å². The molecule has 5 nitrogen and oxygen atoms in total. The van der Waals surface area contributed by atoms with Crippen molar-refractivity contribution in [3.05, 3.63) is 89.5 Å². The second-order valence-corrected chi connectivity index (χ2v) is 6.16. The Balaban J connectivity index is 1.75. The largest absolute Gasteiger partial charge is 0.494 e. The highest BCUT2D eigenvalue weighted by atomic mass is 16.5. The number of benzene rings is 3. The summed E-state index contributed by atoms with van der Waals surface area (Å²) in [6.07, 6.45) is 0. The Morgan fingerprint density at radius 2 is 1.55 bits per heavy atom. The van der Waals surface area contributed by atoms with Crippen molar-refractivity contribution in [3.63, 3.8) is 0 Å². The first kappa shape index (κ1) is 19.8. The van der Waals surface area contributed by atoms with Crippen molar-refractivity contribution in [2.75, 3.05) is 13.2 Å². The van der Waals surface area contributed by atoms with Gasteiger partial charge in [-0.05, 0) is 48.9 Å². The maximum absolute atomic E-state index is 12.6. The van der Waals surface area contributed by atoms with Gasteiger partial charge in [-0.1, -0.05) is 36.4 Å². The van der Waals surface area contributed by atoms with E-state index in [-0.39, 0.29) is 12.4 Å². The zero-order valence-corrected chi connectivity index (χ0v) is 15.9. The van der Waals surface area contributed by atoms with Crippen molar-refractivity contribution in [3.8, 4) is 22.9 Å². The fraction of sp³-hybridized carbons (Fsp3) is 0.125. The van der Waals surface area contributed by atoms with E-state index in [0.29, 0.717) is 40.2 Å².